The van der Waals surface area contributed by atoms with Gasteiger partial charge in [0.05, 0.1) is 23.9 Å². The number of hydrogen-bond donors (Lipinski definition) is 1. The third kappa shape index (κ3) is 3.93. The van der Waals surface area contributed by atoms with E-state index in [9.17, 15) is 0 Å². The molecule has 2 heterocycles. The third-order valence-corrected chi connectivity index (χ3v) is 6.00. The summed E-state index contributed by atoms with van der Waals surface area (Å²) in [5.74, 6) is 2.35. The van der Waals surface area contributed by atoms with Crippen LogP contribution in [0, 0.1) is 0 Å². The number of thiazole rings is 1. The summed E-state index contributed by atoms with van der Waals surface area (Å²) in [5, 5.41) is 4.28. The number of nitrogens with one attached hydrogen (secondary N) is 1. The Morgan fingerprint density at radius 3 is 2.77 bits per heavy atom. The number of hydrogen-bond acceptors (Lipinski definition) is 6. The third-order valence-electron chi connectivity index (χ3n) is 4.77. The average Bonchev–Trinajstić information content (AvgIpc) is 3.27. The molecule has 8 heteroatoms. The molecular weight excluding hydrogens is 422 g/mol. The maximum atomic E-state index is 6.19. The molecule has 6 nitrogen and oxygen atoms in total. The molecular formula is C22H24ClN3O3S. The van der Waals surface area contributed by atoms with E-state index in [1.807, 2.05) is 43.3 Å². The van der Waals surface area contributed by atoms with Gasteiger partial charge in [0.15, 0.2) is 16.5 Å². The summed E-state index contributed by atoms with van der Waals surface area (Å²) in [6, 6.07) is 11.8. The van der Waals surface area contributed by atoms with Crippen molar-refractivity contribution in [3.05, 3.63) is 41.4 Å². The zero-order chi connectivity index (χ0) is 21.1. The molecule has 2 aromatic heterocycles. The van der Waals surface area contributed by atoms with E-state index in [0.29, 0.717) is 19.0 Å². The normalized spacial score (nSPS) is 11.3. The summed E-state index contributed by atoms with van der Waals surface area (Å²) in [6.07, 6.45) is 0.893. The van der Waals surface area contributed by atoms with Gasteiger partial charge in [0.1, 0.15) is 11.5 Å². The van der Waals surface area contributed by atoms with Gasteiger partial charge in [0.25, 0.3) is 0 Å². The van der Waals surface area contributed by atoms with Crippen LogP contribution in [0.4, 0.5) is 5.82 Å². The molecule has 0 atom stereocenters. The standard InChI is InChI=1S/C22H24ClN3O3S/c1-4-29-17-9-6-14(12-18(17)28-3)20-21(24-10-5-11-27-2)26-16-8-7-15(23)13-19(16)30-22(26)25-20/h6-9,12-13,24H,4-5,10-11H2,1-3H3. The van der Waals surface area contributed by atoms with Crippen LogP contribution in [0.1, 0.15) is 13.3 Å². The van der Waals surface area contributed by atoms with Gasteiger partial charge in [0, 0.05) is 30.8 Å². The van der Waals surface area contributed by atoms with E-state index in [-0.39, 0.29) is 0 Å². The van der Waals surface area contributed by atoms with Gasteiger partial charge in [-0.15, -0.1) is 0 Å². The van der Waals surface area contributed by atoms with Crippen molar-refractivity contribution < 1.29 is 14.2 Å². The van der Waals surface area contributed by atoms with Crippen LogP contribution in [0.5, 0.6) is 11.5 Å². The lowest BCUT2D eigenvalue weighted by molar-refractivity contribution is 0.198. The molecule has 30 heavy (non-hydrogen) atoms. The Kier molecular flexibility index (Phi) is 6.32. The largest absolute Gasteiger partial charge is 0.493 e. The highest BCUT2D eigenvalue weighted by Gasteiger charge is 2.19. The Labute approximate surface area is 184 Å². The van der Waals surface area contributed by atoms with Gasteiger partial charge < -0.3 is 19.5 Å². The Hall–Kier alpha value is -2.48. The fourth-order valence-corrected chi connectivity index (χ4v) is 4.72. The lowest BCUT2D eigenvalue weighted by atomic mass is 10.1. The van der Waals surface area contributed by atoms with Crippen LogP contribution < -0.4 is 14.8 Å². The van der Waals surface area contributed by atoms with Crippen LogP contribution in [0.3, 0.4) is 0 Å². The lowest BCUT2D eigenvalue weighted by Crippen LogP contribution is -2.07. The van der Waals surface area contributed by atoms with Crippen molar-refractivity contribution in [3.63, 3.8) is 0 Å². The van der Waals surface area contributed by atoms with Gasteiger partial charge in [0.2, 0.25) is 0 Å². The Morgan fingerprint density at radius 2 is 2.00 bits per heavy atom. The monoisotopic (exact) mass is 445 g/mol. The lowest BCUT2D eigenvalue weighted by Gasteiger charge is -2.12. The highest BCUT2D eigenvalue weighted by molar-refractivity contribution is 7.23. The molecule has 0 aliphatic rings. The van der Waals surface area contributed by atoms with Crippen molar-refractivity contribution in [2.75, 3.05) is 39.3 Å². The molecule has 4 rings (SSSR count). The Balaban J connectivity index is 1.84. The van der Waals surface area contributed by atoms with Gasteiger partial charge in [-0.05, 0) is 49.7 Å². The van der Waals surface area contributed by atoms with E-state index in [1.165, 1.54) is 0 Å². The maximum absolute atomic E-state index is 6.19. The molecule has 2 aromatic carbocycles. The van der Waals surface area contributed by atoms with Crippen LogP contribution >= 0.6 is 22.9 Å². The summed E-state index contributed by atoms with van der Waals surface area (Å²) in [6.45, 7) is 4.00. The first-order valence-electron chi connectivity index (χ1n) is 9.80. The minimum Gasteiger partial charge on any atom is -0.493 e. The smallest absolute Gasteiger partial charge is 0.197 e. The minimum absolute atomic E-state index is 0.580. The second kappa shape index (κ2) is 9.12. The van der Waals surface area contributed by atoms with E-state index in [0.717, 1.165) is 56.0 Å². The van der Waals surface area contributed by atoms with Gasteiger partial charge in [-0.1, -0.05) is 22.9 Å². The number of methoxy groups -OCH3 is 2. The first-order chi connectivity index (χ1) is 14.7. The van der Waals surface area contributed by atoms with Crippen molar-refractivity contribution in [2.45, 2.75) is 13.3 Å². The van der Waals surface area contributed by atoms with Gasteiger partial charge in [-0.2, -0.15) is 0 Å². The van der Waals surface area contributed by atoms with Crippen LogP contribution in [0.2, 0.25) is 5.02 Å². The van der Waals surface area contributed by atoms with Crippen molar-refractivity contribution in [1.29, 1.82) is 0 Å². The maximum Gasteiger partial charge on any atom is 0.197 e. The molecule has 158 valence electrons. The average molecular weight is 446 g/mol. The van der Waals surface area contributed by atoms with E-state index in [2.05, 4.69) is 9.72 Å². The number of fused-ring (bicyclic) bond motifs is 3. The molecule has 0 aliphatic heterocycles. The molecule has 0 saturated carbocycles. The van der Waals surface area contributed by atoms with Gasteiger partial charge in [-0.3, -0.25) is 4.40 Å². The zero-order valence-electron chi connectivity index (χ0n) is 17.2. The molecule has 0 saturated heterocycles. The van der Waals surface area contributed by atoms with Gasteiger partial charge in [-0.25, -0.2) is 4.98 Å². The number of nitrogens with zero attached hydrogens (tertiary/aromatic N) is 2. The molecule has 0 bridgehead atoms. The predicted octanol–water partition coefficient (Wildman–Crippen LogP) is 5.73. The predicted molar refractivity (Wildman–Crippen MR) is 124 cm³/mol. The van der Waals surface area contributed by atoms with Gasteiger partial charge >= 0.3 is 0 Å². The van der Waals surface area contributed by atoms with Crippen molar-refractivity contribution >= 4 is 43.9 Å². The Bertz CT molecular complexity index is 1170. The van der Waals surface area contributed by atoms with Crippen molar-refractivity contribution in [3.8, 4) is 22.8 Å². The summed E-state index contributed by atoms with van der Waals surface area (Å²) >= 11 is 7.81. The number of imidazole rings is 1. The first kappa shape index (κ1) is 20.8. The fraction of sp³-hybridized carbons (Fsp3) is 0.318. The molecule has 0 fully saturated rings. The number of rotatable bonds is 9. The van der Waals surface area contributed by atoms with Crippen molar-refractivity contribution in [2.24, 2.45) is 0 Å². The highest BCUT2D eigenvalue weighted by atomic mass is 35.5. The molecule has 0 spiro atoms. The SMILES string of the molecule is CCOc1ccc(-c2nc3sc4cc(Cl)ccc4n3c2NCCCOC)cc1OC. The zero-order valence-corrected chi connectivity index (χ0v) is 18.8. The number of anilines is 1. The molecule has 0 unspecified atom stereocenters. The highest BCUT2D eigenvalue weighted by Crippen LogP contribution is 2.39. The second-order valence-corrected chi connectivity index (χ2v) is 8.16. The first-order valence-corrected chi connectivity index (χ1v) is 11.0. The van der Waals surface area contributed by atoms with E-state index in [4.69, 9.17) is 30.8 Å². The second-order valence-electron chi connectivity index (χ2n) is 6.71. The van der Waals surface area contributed by atoms with E-state index in [1.54, 1.807) is 25.6 Å². The number of aromatic nitrogens is 2. The van der Waals surface area contributed by atoms with E-state index < -0.39 is 0 Å². The molecule has 0 amide bonds. The summed E-state index contributed by atoms with van der Waals surface area (Å²) in [7, 11) is 3.36. The number of benzene rings is 2. The van der Waals surface area contributed by atoms with E-state index >= 15 is 0 Å². The van der Waals surface area contributed by atoms with Crippen LogP contribution in [0.15, 0.2) is 36.4 Å². The molecule has 4 aromatic rings. The van der Waals surface area contributed by atoms with Crippen LogP contribution in [-0.4, -0.2) is 43.4 Å². The molecule has 1 N–H and O–H groups in total. The number of halogens is 1. The molecule has 0 aliphatic carbocycles. The fourth-order valence-electron chi connectivity index (χ4n) is 3.42. The topological polar surface area (TPSA) is 57.0 Å². The summed E-state index contributed by atoms with van der Waals surface area (Å²) in [5.41, 5.74) is 2.91. The molecule has 0 radical (unpaired) electrons. The summed E-state index contributed by atoms with van der Waals surface area (Å²) in [4.78, 5) is 5.85. The van der Waals surface area contributed by atoms with Crippen LogP contribution in [-0.2, 0) is 4.74 Å². The quantitative estimate of drug-likeness (QED) is 0.333. The minimum atomic E-state index is 0.580. The van der Waals surface area contributed by atoms with Crippen molar-refractivity contribution in [1.82, 2.24) is 9.38 Å². The summed E-state index contributed by atoms with van der Waals surface area (Å²) < 4.78 is 19.7. The van der Waals surface area contributed by atoms with Crippen LogP contribution in [0.25, 0.3) is 26.4 Å². The Morgan fingerprint density at radius 1 is 1.13 bits per heavy atom. The number of ether oxygens (including phenoxy) is 3.